The van der Waals surface area contributed by atoms with Crippen LogP contribution in [0.4, 0.5) is 11.4 Å². The summed E-state index contributed by atoms with van der Waals surface area (Å²) in [7, 11) is 0. The van der Waals surface area contributed by atoms with E-state index in [4.69, 9.17) is 4.52 Å². The van der Waals surface area contributed by atoms with Crippen molar-refractivity contribution in [1.82, 2.24) is 10.5 Å². The lowest BCUT2D eigenvalue weighted by atomic mass is 10.2. The van der Waals surface area contributed by atoms with E-state index in [0.717, 1.165) is 12.5 Å². The molecule has 1 fully saturated rings. The molecule has 0 spiro atoms. The molecule has 7 nitrogen and oxygen atoms in total. The molecule has 25 heavy (non-hydrogen) atoms. The Morgan fingerprint density at radius 3 is 2.36 bits per heavy atom. The molecule has 134 valence electrons. The quantitative estimate of drug-likeness (QED) is 0.701. The number of nitrogens with one attached hydrogen (secondary N) is 3. The molecule has 3 N–H and O–H groups in total. The van der Waals surface area contributed by atoms with Crippen LogP contribution in [0, 0.1) is 12.8 Å². The number of benzene rings is 1. The van der Waals surface area contributed by atoms with E-state index in [1.54, 1.807) is 31.2 Å². The summed E-state index contributed by atoms with van der Waals surface area (Å²) in [5.41, 5.74) is 1.71. The topological polar surface area (TPSA) is 96.3 Å². The van der Waals surface area contributed by atoms with Crippen LogP contribution in [-0.2, 0) is 4.79 Å². The minimum absolute atomic E-state index is 0. The van der Waals surface area contributed by atoms with Crippen molar-refractivity contribution in [3.05, 3.63) is 41.8 Å². The van der Waals surface area contributed by atoms with E-state index >= 15 is 0 Å². The molecule has 3 rings (SSSR count). The van der Waals surface area contributed by atoms with Gasteiger partial charge in [-0.2, -0.15) is 0 Å². The number of hydrogen-bond acceptors (Lipinski definition) is 5. The van der Waals surface area contributed by atoms with Crippen molar-refractivity contribution in [3.63, 3.8) is 0 Å². The third kappa shape index (κ3) is 5.58. The van der Waals surface area contributed by atoms with Gasteiger partial charge < -0.3 is 20.5 Å². The summed E-state index contributed by atoms with van der Waals surface area (Å²) in [6, 6.07) is 6.95. The smallest absolute Gasteiger partial charge is 0.260 e. The molecule has 1 saturated carbocycles. The van der Waals surface area contributed by atoms with Gasteiger partial charge in [-0.1, -0.05) is 5.16 Å². The molecule has 0 radical (unpaired) electrons. The molecule has 1 heterocycles. The fourth-order valence-electron chi connectivity index (χ4n) is 2.27. The highest BCUT2D eigenvalue weighted by Gasteiger charge is 2.20. The van der Waals surface area contributed by atoms with Crippen molar-refractivity contribution >= 4 is 35.6 Å². The monoisotopic (exact) mass is 364 g/mol. The Labute approximate surface area is 151 Å². The molecular formula is C17H21ClN4O3. The Hall–Kier alpha value is -2.38. The second-order valence-corrected chi connectivity index (χ2v) is 5.95. The van der Waals surface area contributed by atoms with E-state index in [9.17, 15) is 9.59 Å². The molecule has 8 heteroatoms. The van der Waals surface area contributed by atoms with E-state index in [0.29, 0.717) is 29.2 Å². The van der Waals surface area contributed by atoms with Crippen LogP contribution in [0.25, 0.3) is 0 Å². The van der Waals surface area contributed by atoms with Crippen LogP contribution in [0.5, 0.6) is 0 Å². The number of amides is 2. The number of rotatable bonds is 7. The van der Waals surface area contributed by atoms with E-state index in [-0.39, 0.29) is 24.2 Å². The molecule has 1 aliphatic carbocycles. The SMILES string of the molecule is Cc1oncc1C(=O)Nc1ccc(NC(=O)CNCC2CC2)cc1.Cl. The molecule has 0 atom stereocenters. The van der Waals surface area contributed by atoms with E-state index in [1.165, 1.54) is 19.0 Å². The number of carbonyl (C=O) groups excluding carboxylic acids is 2. The van der Waals surface area contributed by atoms with Crippen LogP contribution in [0.2, 0.25) is 0 Å². The summed E-state index contributed by atoms with van der Waals surface area (Å²) in [6.45, 7) is 2.89. The molecule has 0 aliphatic heterocycles. The molecule has 2 aromatic rings. The average molecular weight is 365 g/mol. The maximum atomic E-state index is 12.0. The Kier molecular flexibility index (Phi) is 6.55. The van der Waals surface area contributed by atoms with Crippen LogP contribution in [0.3, 0.4) is 0 Å². The molecule has 1 aromatic heterocycles. The van der Waals surface area contributed by atoms with Crippen molar-refractivity contribution in [2.24, 2.45) is 5.92 Å². The minimum atomic E-state index is -0.283. The summed E-state index contributed by atoms with van der Waals surface area (Å²) in [5.74, 6) is 0.854. The van der Waals surface area contributed by atoms with Crippen LogP contribution in [-0.4, -0.2) is 30.1 Å². The molecule has 0 unspecified atom stereocenters. The largest absolute Gasteiger partial charge is 0.361 e. The highest BCUT2D eigenvalue weighted by atomic mass is 35.5. The van der Waals surface area contributed by atoms with E-state index in [1.807, 2.05) is 0 Å². The van der Waals surface area contributed by atoms with Crippen LogP contribution >= 0.6 is 12.4 Å². The van der Waals surface area contributed by atoms with Gasteiger partial charge in [0.05, 0.1) is 12.7 Å². The van der Waals surface area contributed by atoms with Crippen molar-refractivity contribution < 1.29 is 14.1 Å². The molecule has 0 bridgehead atoms. The zero-order chi connectivity index (χ0) is 16.9. The first-order valence-electron chi connectivity index (χ1n) is 7.95. The highest BCUT2D eigenvalue weighted by molar-refractivity contribution is 6.04. The van der Waals surface area contributed by atoms with Gasteiger partial charge in [-0.25, -0.2) is 0 Å². The molecule has 2 amide bonds. The molecule has 0 saturated heterocycles. The minimum Gasteiger partial charge on any atom is -0.361 e. The van der Waals surface area contributed by atoms with Gasteiger partial charge in [-0.05, 0) is 56.5 Å². The van der Waals surface area contributed by atoms with E-state index < -0.39 is 0 Å². The van der Waals surface area contributed by atoms with Crippen LogP contribution in [0.15, 0.2) is 35.0 Å². The zero-order valence-electron chi connectivity index (χ0n) is 13.9. The Morgan fingerprint density at radius 1 is 1.16 bits per heavy atom. The fraction of sp³-hybridized carbons (Fsp3) is 0.353. The fourth-order valence-corrected chi connectivity index (χ4v) is 2.27. The lowest BCUT2D eigenvalue weighted by molar-refractivity contribution is -0.115. The first-order chi connectivity index (χ1) is 11.6. The van der Waals surface area contributed by atoms with Gasteiger partial charge in [0.1, 0.15) is 11.3 Å². The van der Waals surface area contributed by atoms with Gasteiger partial charge >= 0.3 is 0 Å². The van der Waals surface area contributed by atoms with Gasteiger partial charge in [0.2, 0.25) is 5.91 Å². The van der Waals surface area contributed by atoms with Gasteiger partial charge in [0, 0.05) is 11.4 Å². The standard InChI is InChI=1S/C17H20N4O3.ClH/c1-11-15(9-19-24-11)17(23)21-14-6-4-13(5-7-14)20-16(22)10-18-8-12-2-3-12;/h4-7,9,12,18H,2-3,8,10H2,1H3,(H,20,22)(H,21,23);1H. The Bertz CT molecular complexity index is 726. The van der Waals surface area contributed by atoms with Crippen LogP contribution in [0.1, 0.15) is 29.0 Å². The Morgan fingerprint density at radius 2 is 1.80 bits per heavy atom. The van der Waals surface area contributed by atoms with Crippen molar-refractivity contribution in [1.29, 1.82) is 0 Å². The number of nitrogens with zero attached hydrogens (tertiary/aromatic N) is 1. The summed E-state index contributed by atoms with van der Waals surface area (Å²) >= 11 is 0. The van der Waals surface area contributed by atoms with Crippen molar-refractivity contribution in [3.8, 4) is 0 Å². The number of hydrogen-bond donors (Lipinski definition) is 3. The number of anilines is 2. The van der Waals surface area contributed by atoms with Gasteiger partial charge in [0.25, 0.3) is 5.91 Å². The maximum Gasteiger partial charge on any atom is 0.260 e. The second-order valence-electron chi connectivity index (χ2n) is 5.95. The first-order valence-corrected chi connectivity index (χ1v) is 7.95. The lowest BCUT2D eigenvalue weighted by Crippen LogP contribution is -2.29. The zero-order valence-corrected chi connectivity index (χ0v) is 14.7. The third-order valence-corrected chi connectivity index (χ3v) is 3.84. The first kappa shape index (κ1) is 19.0. The number of carbonyl (C=O) groups is 2. The molecule has 1 aromatic carbocycles. The predicted molar refractivity (Wildman–Crippen MR) is 97.1 cm³/mol. The maximum absolute atomic E-state index is 12.0. The third-order valence-electron chi connectivity index (χ3n) is 3.84. The second kappa shape index (κ2) is 8.64. The summed E-state index contributed by atoms with van der Waals surface area (Å²) in [5, 5.41) is 12.3. The molecular weight excluding hydrogens is 344 g/mol. The number of aryl methyl sites for hydroxylation is 1. The van der Waals surface area contributed by atoms with Crippen LogP contribution < -0.4 is 16.0 Å². The van der Waals surface area contributed by atoms with Crippen molar-refractivity contribution in [2.45, 2.75) is 19.8 Å². The van der Waals surface area contributed by atoms with Crippen molar-refractivity contribution in [2.75, 3.05) is 23.7 Å². The van der Waals surface area contributed by atoms with Gasteiger partial charge in [0.15, 0.2) is 0 Å². The van der Waals surface area contributed by atoms with Gasteiger partial charge in [-0.15, -0.1) is 12.4 Å². The highest BCUT2D eigenvalue weighted by Crippen LogP contribution is 2.27. The molecule has 1 aliphatic rings. The predicted octanol–water partition coefficient (Wildman–Crippen LogP) is 2.60. The number of aromatic nitrogens is 1. The van der Waals surface area contributed by atoms with E-state index in [2.05, 4.69) is 21.1 Å². The summed E-state index contributed by atoms with van der Waals surface area (Å²) in [4.78, 5) is 23.9. The average Bonchev–Trinajstić information content (AvgIpc) is 3.28. The summed E-state index contributed by atoms with van der Waals surface area (Å²) in [6.07, 6.45) is 3.90. The normalized spacial score (nSPS) is 13.0. The lowest BCUT2D eigenvalue weighted by Gasteiger charge is -2.08. The van der Waals surface area contributed by atoms with Gasteiger partial charge in [-0.3, -0.25) is 9.59 Å². The Balaban J connectivity index is 0.00000225. The summed E-state index contributed by atoms with van der Waals surface area (Å²) < 4.78 is 4.87. The number of halogens is 1.